The summed E-state index contributed by atoms with van der Waals surface area (Å²) < 4.78 is 0. The van der Waals surface area contributed by atoms with Gasteiger partial charge in [-0.25, -0.2) is 0 Å². The van der Waals surface area contributed by atoms with E-state index in [1.165, 1.54) is 37.7 Å². The molecule has 2 heteroatoms. The first-order valence-corrected chi connectivity index (χ1v) is 7.84. The van der Waals surface area contributed by atoms with Gasteiger partial charge in [-0.15, -0.1) is 0 Å². The molecule has 2 nitrogen and oxygen atoms in total. The number of aryl methyl sites for hydroxylation is 1. The van der Waals surface area contributed by atoms with Crippen molar-refractivity contribution in [2.45, 2.75) is 64.9 Å². The van der Waals surface area contributed by atoms with Crippen molar-refractivity contribution in [1.82, 2.24) is 4.98 Å². The van der Waals surface area contributed by atoms with Crippen LogP contribution in [0.15, 0.2) is 18.3 Å². The third kappa shape index (κ3) is 4.04. The quantitative estimate of drug-likeness (QED) is 0.875. The Morgan fingerprint density at radius 1 is 1.32 bits per heavy atom. The molecule has 1 heterocycles. The van der Waals surface area contributed by atoms with Crippen molar-refractivity contribution < 1.29 is 5.11 Å². The highest BCUT2D eigenvalue weighted by molar-refractivity contribution is 5.14. The molecule has 3 unspecified atom stereocenters. The Morgan fingerprint density at radius 2 is 2.16 bits per heavy atom. The van der Waals surface area contributed by atoms with Crippen LogP contribution in [0, 0.1) is 11.8 Å². The maximum atomic E-state index is 10.4. The molecule has 0 spiro atoms. The van der Waals surface area contributed by atoms with E-state index in [-0.39, 0.29) is 6.10 Å². The maximum Gasteiger partial charge on any atom is 0.0623 e. The molecule has 0 aliphatic heterocycles. The molecular formula is C17H27NO. The Bertz CT molecular complexity index is 373. The number of nitrogens with zero attached hydrogens (tertiary/aromatic N) is 1. The fraction of sp³-hybridized carbons (Fsp3) is 0.706. The van der Waals surface area contributed by atoms with Gasteiger partial charge in [-0.3, -0.25) is 4.98 Å². The summed E-state index contributed by atoms with van der Waals surface area (Å²) in [6.45, 7) is 4.41. The van der Waals surface area contributed by atoms with Crippen LogP contribution in [0.1, 0.15) is 57.2 Å². The molecule has 3 atom stereocenters. The average Bonchev–Trinajstić information content (AvgIpc) is 2.48. The first kappa shape index (κ1) is 14.5. The lowest BCUT2D eigenvalue weighted by Gasteiger charge is -2.31. The molecule has 1 fully saturated rings. The summed E-state index contributed by atoms with van der Waals surface area (Å²) >= 11 is 0. The van der Waals surface area contributed by atoms with Crippen molar-refractivity contribution in [2.75, 3.05) is 0 Å². The SMILES string of the molecule is CCc1ccc(CC(O)C2CCCC(CC)C2)nc1. The Balaban J connectivity index is 1.90. The van der Waals surface area contributed by atoms with Gasteiger partial charge in [0, 0.05) is 18.3 Å². The summed E-state index contributed by atoms with van der Waals surface area (Å²) in [5.74, 6) is 1.30. The summed E-state index contributed by atoms with van der Waals surface area (Å²) in [5.41, 5.74) is 2.30. The lowest BCUT2D eigenvalue weighted by molar-refractivity contribution is 0.0678. The minimum Gasteiger partial charge on any atom is -0.392 e. The minimum atomic E-state index is -0.214. The van der Waals surface area contributed by atoms with Crippen LogP contribution in [-0.2, 0) is 12.8 Å². The number of aliphatic hydroxyl groups is 1. The molecule has 0 aromatic carbocycles. The molecule has 1 aliphatic carbocycles. The zero-order valence-electron chi connectivity index (χ0n) is 12.3. The number of rotatable bonds is 5. The molecule has 1 aliphatic rings. The molecule has 1 aromatic rings. The topological polar surface area (TPSA) is 33.1 Å². The Hall–Kier alpha value is -0.890. The Kier molecular flexibility index (Phi) is 5.38. The highest BCUT2D eigenvalue weighted by atomic mass is 16.3. The fourth-order valence-electron chi connectivity index (χ4n) is 3.22. The van der Waals surface area contributed by atoms with E-state index in [4.69, 9.17) is 0 Å². The van der Waals surface area contributed by atoms with Crippen LogP contribution < -0.4 is 0 Å². The molecule has 0 bridgehead atoms. The molecule has 1 saturated carbocycles. The van der Waals surface area contributed by atoms with E-state index in [0.717, 1.165) is 18.0 Å². The van der Waals surface area contributed by atoms with E-state index >= 15 is 0 Å². The maximum absolute atomic E-state index is 10.4. The van der Waals surface area contributed by atoms with E-state index in [2.05, 4.69) is 31.0 Å². The van der Waals surface area contributed by atoms with Crippen LogP contribution in [0.25, 0.3) is 0 Å². The summed E-state index contributed by atoms with van der Waals surface area (Å²) in [6, 6.07) is 4.20. The number of hydrogen-bond acceptors (Lipinski definition) is 2. The fourth-order valence-corrected chi connectivity index (χ4v) is 3.22. The van der Waals surface area contributed by atoms with E-state index in [1.807, 2.05) is 6.20 Å². The van der Waals surface area contributed by atoms with Gasteiger partial charge in [-0.1, -0.05) is 39.2 Å². The summed E-state index contributed by atoms with van der Waals surface area (Å²) in [4.78, 5) is 4.46. The van der Waals surface area contributed by atoms with Crippen LogP contribution in [0.4, 0.5) is 0 Å². The molecule has 19 heavy (non-hydrogen) atoms. The second kappa shape index (κ2) is 7.04. The van der Waals surface area contributed by atoms with Crippen LogP contribution in [-0.4, -0.2) is 16.2 Å². The lowest BCUT2D eigenvalue weighted by Crippen LogP contribution is -2.28. The van der Waals surface area contributed by atoms with Gasteiger partial charge in [0.15, 0.2) is 0 Å². The normalized spacial score (nSPS) is 25.2. The molecule has 0 saturated heterocycles. The summed E-state index contributed by atoms with van der Waals surface area (Å²) in [5, 5.41) is 10.4. The monoisotopic (exact) mass is 261 g/mol. The predicted molar refractivity (Wildman–Crippen MR) is 79.1 cm³/mol. The van der Waals surface area contributed by atoms with Crippen molar-refractivity contribution in [3.05, 3.63) is 29.6 Å². The number of aliphatic hydroxyl groups excluding tert-OH is 1. The molecular weight excluding hydrogens is 234 g/mol. The van der Waals surface area contributed by atoms with Gasteiger partial charge in [0.05, 0.1) is 6.10 Å². The molecule has 1 N–H and O–H groups in total. The van der Waals surface area contributed by atoms with Crippen LogP contribution >= 0.6 is 0 Å². The van der Waals surface area contributed by atoms with Crippen molar-refractivity contribution in [1.29, 1.82) is 0 Å². The van der Waals surface area contributed by atoms with Crippen LogP contribution in [0.5, 0.6) is 0 Å². The van der Waals surface area contributed by atoms with E-state index < -0.39 is 0 Å². The van der Waals surface area contributed by atoms with Crippen LogP contribution in [0.2, 0.25) is 0 Å². The van der Waals surface area contributed by atoms with Crippen molar-refractivity contribution in [2.24, 2.45) is 11.8 Å². The zero-order valence-corrected chi connectivity index (χ0v) is 12.3. The highest BCUT2D eigenvalue weighted by Crippen LogP contribution is 2.33. The first-order valence-electron chi connectivity index (χ1n) is 7.84. The van der Waals surface area contributed by atoms with Crippen molar-refractivity contribution in [3.8, 4) is 0 Å². The van der Waals surface area contributed by atoms with E-state index in [0.29, 0.717) is 12.3 Å². The number of hydrogen-bond donors (Lipinski definition) is 1. The largest absolute Gasteiger partial charge is 0.392 e. The summed E-state index contributed by atoms with van der Waals surface area (Å²) in [7, 11) is 0. The van der Waals surface area contributed by atoms with Crippen LogP contribution in [0.3, 0.4) is 0 Å². The summed E-state index contributed by atoms with van der Waals surface area (Å²) in [6.07, 6.45) is 9.74. The lowest BCUT2D eigenvalue weighted by atomic mass is 9.77. The smallest absolute Gasteiger partial charge is 0.0623 e. The second-order valence-corrected chi connectivity index (χ2v) is 5.98. The van der Waals surface area contributed by atoms with Gasteiger partial charge in [-0.2, -0.15) is 0 Å². The van der Waals surface area contributed by atoms with Gasteiger partial charge in [0.25, 0.3) is 0 Å². The third-order valence-corrected chi connectivity index (χ3v) is 4.66. The number of pyridine rings is 1. The van der Waals surface area contributed by atoms with Gasteiger partial charge in [-0.05, 0) is 42.7 Å². The Morgan fingerprint density at radius 3 is 2.79 bits per heavy atom. The van der Waals surface area contributed by atoms with Crippen molar-refractivity contribution in [3.63, 3.8) is 0 Å². The van der Waals surface area contributed by atoms with Crippen molar-refractivity contribution >= 4 is 0 Å². The molecule has 0 amide bonds. The van der Waals surface area contributed by atoms with Gasteiger partial charge >= 0.3 is 0 Å². The van der Waals surface area contributed by atoms with E-state index in [9.17, 15) is 5.11 Å². The molecule has 106 valence electrons. The third-order valence-electron chi connectivity index (χ3n) is 4.66. The zero-order chi connectivity index (χ0) is 13.7. The molecule has 2 rings (SSSR count). The van der Waals surface area contributed by atoms with Gasteiger partial charge < -0.3 is 5.11 Å². The average molecular weight is 261 g/mol. The molecule has 0 radical (unpaired) electrons. The molecule has 1 aromatic heterocycles. The van der Waals surface area contributed by atoms with E-state index in [1.54, 1.807) is 0 Å². The minimum absolute atomic E-state index is 0.214. The first-order chi connectivity index (χ1) is 9.22. The van der Waals surface area contributed by atoms with Gasteiger partial charge in [0.2, 0.25) is 0 Å². The second-order valence-electron chi connectivity index (χ2n) is 5.98. The number of aromatic nitrogens is 1. The predicted octanol–water partition coefficient (Wildman–Crippen LogP) is 3.76. The standard InChI is InChI=1S/C17H27NO/c1-3-13-6-5-7-15(10-13)17(19)11-16-9-8-14(4-2)12-18-16/h8-9,12-13,15,17,19H,3-7,10-11H2,1-2H3. The highest BCUT2D eigenvalue weighted by Gasteiger charge is 2.26. The Labute approximate surface area is 117 Å². The van der Waals surface area contributed by atoms with Gasteiger partial charge in [0.1, 0.15) is 0 Å².